The summed E-state index contributed by atoms with van der Waals surface area (Å²) in [6.45, 7) is 1.83. The van der Waals surface area contributed by atoms with E-state index in [9.17, 15) is 14.4 Å². The molecule has 3 saturated heterocycles. The van der Waals surface area contributed by atoms with Gasteiger partial charge in [0.15, 0.2) is 0 Å². The number of fused-ring (bicyclic) bond motifs is 2. The minimum absolute atomic E-state index is 0.0272. The van der Waals surface area contributed by atoms with Gasteiger partial charge in [0, 0.05) is 19.6 Å². The zero-order valence-electron chi connectivity index (χ0n) is 14.0. The molecule has 0 aromatic heterocycles. The van der Waals surface area contributed by atoms with Crippen molar-refractivity contribution in [2.75, 3.05) is 26.2 Å². The average molecular weight is 343 g/mol. The second kappa shape index (κ2) is 6.38. The summed E-state index contributed by atoms with van der Waals surface area (Å²) >= 11 is 0. The lowest BCUT2D eigenvalue weighted by Crippen LogP contribution is -2.69. The van der Waals surface area contributed by atoms with Crippen molar-refractivity contribution >= 4 is 17.9 Å². The first-order chi connectivity index (χ1) is 12.1. The van der Waals surface area contributed by atoms with E-state index in [2.05, 4.69) is 0 Å². The predicted octanol–water partition coefficient (Wildman–Crippen LogP) is 0.841. The summed E-state index contributed by atoms with van der Waals surface area (Å²) in [4.78, 5) is 42.5. The van der Waals surface area contributed by atoms with Gasteiger partial charge in [-0.15, -0.1) is 0 Å². The second-order valence-corrected chi connectivity index (χ2v) is 6.72. The van der Waals surface area contributed by atoms with Gasteiger partial charge in [-0.05, 0) is 18.4 Å². The van der Waals surface area contributed by atoms with Crippen LogP contribution in [0.25, 0.3) is 0 Å². The lowest BCUT2D eigenvalue weighted by Gasteiger charge is -2.47. The van der Waals surface area contributed by atoms with Crippen LogP contribution in [0.4, 0.5) is 4.79 Å². The molecule has 0 N–H and O–H groups in total. The molecule has 0 radical (unpaired) electrons. The fourth-order valence-electron chi connectivity index (χ4n) is 3.90. The third-order valence-corrected chi connectivity index (χ3v) is 5.23. The molecule has 0 aliphatic carbocycles. The highest BCUT2D eigenvalue weighted by molar-refractivity contribution is 5.98. The lowest BCUT2D eigenvalue weighted by atomic mass is 10.0. The van der Waals surface area contributed by atoms with Crippen LogP contribution in [0.2, 0.25) is 0 Å². The monoisotopic (exact) mass is 343 g/mol. The maximum absolute atomic E-state index is 12.7. The molecule has 1 aromatic carbocycles. The van der Waals surface area contributed by atoms with E-state index in [1.165, 1.54) is 4.90 Å². The quantitative estimate of drug-likeness (QED) is 0.798. The SMILES string of the molecule is O=C(OCc1ccccc1)N1CCN2C(=O)[C@@H]3CCCN3C(=O)[C@H]2C1. The maximum Gasteiger partial charge on any atom is 0.410 e. The van der Waals surface area contributed by atoms with Crippen molar-refractivity contribution in [3.8, 4) is 0 Å². The largest absolute Gasteiger partial charge is 0.445 e. The van der Waals surface area contributed by atoms with Crippen LogP contribution in [-0.2, 0) is 20.9 Å². The highest BCUT2D eigenvalue weighted by Gasteiger charge is 2.50. The van der Waals surface area contributed by atoms with Crippen molar-refractivity contribution in [2.24, 2.45) is 0 Å². The molecule has 3 fully saturated rings. The molecule has 7 nitrogen and oxygen atoms in total. The van der Waals surface area contributed by atoms with E-state index < -0.39 is 12.1 Å². The van der Waals surface area contributed by atoms with E-state index in [4.69, 9.17) is 4.74 Å². The number of benzene rings is 1. The van der Waals surface area contributed by atoms with Gasteiger partial charge in [0.25, 0.3) is 0 Å². The number of piperazine rings is 2. The molecule has 3 amide bonds. The lowest BCUT2D eigenvalue weighted by molar-refractivity contribution is -0.162. The van der Waals surface area contributed by atoms with Crippen LogP contribution in [0.1, 0.15) is 18.4 Å². The Morgan fingerprint density at radius 3 is 2.52 bits per heavy atom. The fourth-order valence-corrected chi connectivity index (χ4v) is 3.90. The van der Waals surface area contributed by atoms with E-state index in [1.54, 1.807) is 9.80 Å². The molecule has 4 rings (SSSR count). The van der Waals surface area contributed by atoms with E-state index in [-0.39, 0.29) is 31.0 Å². The average Bonchev–Trinajstić information content (AvgIpc) is 3.15. The van der Waals surface area contributed by atoms with Crippen LogP contribution < -0.4 is 0 Å². The Morgan fingerprint density at radius 2 is 1.72 bits per heavy atom. The summed E-state index contributed by atoms with van der Waals surface area (Å²) in [6.07, 6.45) is 1.18. The summed E-state index contributed by atoms with van der Waals surface area (Å²) in [5.74, 6) is -0.0120. The fraction of sp³-hybridized carbons (Fsp3) is 0.500. The summed E-state index contributed by atoms with van der Waals surface area (Å²) in [6, 6.07) is 8.60. The summed E-state index contributed by atoms with van der Waals surface area (Å²) in [5.41, 5.74) is 0.915. The molecule has 1 aromatic rings. The number of hydrogen-bond acceptors (Lipinski definition) is 4. The first kappa shape index (κ1) is 15.9. The molecule has 0 spiro atoms. The molecule has 25 heavy (non-hydrogen) atoms. The normalized spacial score (nSPS) is 25.7. The van der Waals surface area contributed by atoms with Gasteiger partial charge in [-0.2, -0.15) is 0 Å². The Morgan fingerprint density at radius 1 is 1.00 bits per heavy atom. The Balaban J connectivity index is 1.40. The number of rotatable bonds is 2. The van der Waals surface area contributed by atoms with Crippen molar-refractivity contribution in [3.63, 3.8) is 0 Å². The van der Waals surface area contributed by atoms with Gasteiger partial charge in [0.1, 0.15) is 18.7 Å². The Labute approximate surface area is 146 Å². The summed E-state index contributed by atoms with van der Waals surface area (Å²) < 4.78 is 5.35. The zero-order chi connectivity index (χ0) is 17.4. The van der Waals surface area contributed by atoms with Gasteiger partial charge in [-0.25, -0.2) is 4.79 Å². The van der Waals surface area contributed by atoms with Crippen LogP contribution in [0.3, 0.4) is 0 Å². The van der Waals surface area contributed by atoms with Gasteiger partial charge in [-0.1, -0.05) is 30.3 Å². The van der Waals surface area contributed by atoms with E-state index >= 15 is 0 Å². The van der Waals surface area contributed by atoms with Crippen LogP contribution >= 0.6 is 0 Å². The molecule has 2 atom stereocenters. The third-order valence-electron chi connectivity index (χ3n) is 5.23. The molecule has 0 bridgehead atoms. The zero-order valence-corrected chi connectivity index (χ0v) is 14.0. The molecule has 7 heteroatoms. The minimum Gasteiger partial charge on any atom is -0.445 e. The van der Waals surface area contributed by atoms with E-state index in [0.717, 1.165) is 18.4 Å². The molecular formula is C18H21N3O4. The van der Waals surface area contributed by atoms with Crippen molar-refractivity contribution < 1.29 is 19.1 Å². The van der Waals surface area contributed by atoms with Gasteiger partial charge in [0.2, 0.25) is 11.8 Å². The minimum atomic E-state index is -0.570. The number of carbonyl (C=O) groups is 3. The standard InChI is InChI=1S/C18H21N3O4/c22-16-14-7-4-8-20(14)17(23)15-11-19(9-10-21(15)16)18(24)25-12-13-5-2-1-3-6-13/h1-3,5-6,14-15H,4,7-12H2/t14-,15+/m0/s1. The van der Waals surface area contributed by atoms with Crippen molar-refractivity contribution in [3.05, 3.63) is 35.9 Å². The number of hydrogen-bond donors (Lipinski definition) is 0. The molecular weight excluding hydrogens is 322 g/mol. The van der Waals surface area contributed by atoms with Gasteiger partial charge in [-0.3, -0.25) is 9.59 Å². The molecule has 3 aliphatic rings. The highest BCUT2D eigenvalue weighted by Crippen LogP contribution is 2.28. The molecule has 0 unspecified atom stereocenters. The van der Waals surface area contributed by atoms with Crippen molar-refractivity contribution in [1.82, 2.24) is 14.7 Å². The van der Waals surface area contributed by atoms with E-state index in [0.29, 0.717) is 19.6 Å². The summed E-state index contributed by atoms with van der Waals surface area (Å²) in [5, 5.41) is 0. The first-order valence-corrected chi connectivity index (χ1v) is 8.72. The van der Waals surface area contributed by atoms with E-state index in [1.807, 2.05) is 30.3 Å². The Hall–Kier alpha value is -2.57. The number of nitrogens with zero attached hydrogens (tertiary/aromatic N) is 3. The Kier molecular flexibility index (Phi) is 4.07. The number of amides is 3. The highest BCUT2D eigenvalue weighted by atomic mass is 16.6. The molecule has 3 aliphatic heterocycles. The van der Waals surface area contributed by atoms with Gasteiger partial charge < -0.3 is 19.4 Å². The predicted molar refractivity (Wildman–Crippen MR) is 88.4 cm³/mol. The number of ether oxygens (including phenoxy) is 1. The van der Waals surface area contributed by atoms with Gasteiger partial charge >= 0.3 is 6.09 Å². The van der Waals surface area contributed by atoms with Crippen molar-refractivity contribution in [2.45, 2.75) is 31.5 Å². The first-order valence-electron chi connectivity index (χ1n) is 8.72. The Bertz CT molecular complexity index is 693. The van der Waals surface area contributed by atoms with Crippen LogP contribution in [0.15, 0.2) is 30.3 Å². The topological polar surface area (TPSA) is 70.2 Å². The summed E-state index contributed by atoms with van der Waals surface area (Å²) in [7, 11) is 0. The smallest absolute Gasteiger partial charge is 0.410 e. The van der Waals surface area contributed by atoms with Crippen LogP contribution in [-0.4, -0.2) is 70.9 Å². The van der Waals surface area contributed by atoms with Crippen LogP contribution in [0.5, 0.6) is 0 Å². The second-order valence-electron chi connectivity index (χ2n) is 6.72. The molecule has 3 heterocycles. The van der Waals surface area contributed by atoms with Crippen molar-refractivity contribution in [1.29, 1.82) is 0 Å². The maximum atomic E-state index is 12.7. The van der Waals surface area contributed by atoms with Crippen LogP contribution in [0, 0.1) is 0 Å². The number of carbonyl (C=O) groups excluding carboxylic acids is 3. The third kappa shape index (κ3) is 2.83. The van der Waals surface area contributed by atoms with Gasteiger partial charge in [0.05, 0.1) is 6.54 Å². The molecule has 132 valence electrons. The molecule has 0 saturated carbocycles.